The number of benzene rings is 3. The maximum Gasteiger partial charge on any atom is 3.00 e. The molecule has 0 aliphatic heterocycles. The van der Waals surface area contributed by atoms with Gasteiger partial charge in [0.2, 0.25) is 0 Å². The van der Waals surface area contributed by atoms with Crippen molar-refractivity contribution in [1.82, 2.24) is 0 Å². The van der Waals surface area contributed by atoms with E-state index in [1.54, 1.807) is 0 Å². The number of carboxylic acids is 3. The zero-order valence-electron chi connectivity index (χ0n) is 19.5. The fourth-order valence-electron chi connectivity index (χ4n) is 2.57. The van der Waals surface area contributed by atoms with Crippen LogP contribution in [0, 0.1) is 88.0 Å². The van der Waals surface area contributed by atoms with Gasteiger partial charge in [-0.15, -0.1) is 0 Å². The van der Waals surface area contributed by atoms with Gasteiger partial charge in [0.1, 0.15) is 0 Å². The number of halogens is 9. The minimum absolute atomic E-state index is 0. The van der Waals surface area contributed by atoms with Crippen molar-refractivity contribution < 1.29 is 105 Å². The molecule has 3 rings (SSSR count). The summed E-state index contributed by atoms with van der Waals surface area (Å²) in [4.78, 5) is 30.1. The smallest absolute Gasteiger partial charge is 0.550 e. The second-order valence-electron chi connectivity index (χ2n) is 7.15. The van der Waals surface area contributed by atoms with Gasteiger partial charge >= 0.3 is 35.6 Å². The summed E-state index contributed by atoms with van der Waals surface area (Å²) in [5, 5.41) is 30.1. The van der Waals surface area contributed by atoms with E-state index in [1.807, 2.05) is 0 Å². The molecule has 0 N–H and O–H groups in total. The standard InChI is InChI=1S/3C8H5F3O2.La/c3*9-5-2-1-4(3-6(12)13)7(10)8(5)11;/h3*1-2H,3H2,(H,12,13);/q;;;+3/p-3. The second-order valence-corrected chi connectivity index (χ2v) is 7.15. The van der Waals surface area contributed by atoms with Crippen LogP contribution in [0.1, 0.15) is 16.7 Å². The van der Waals surface area contributed by atoms with Gasteiger partial charge in [-0.2, -0.15) is 0 Å². The van der Waals surface area contributed by atoms with E-state index in [2.05, 4.69) is 0 Å². The molecule has 0 amide bonds. The fourth-order valence-corrected chi connectivity index (χ4v) is 2.57. The first-order valence-electron chi connectivity index (χ1n) is 10.0. The quantitative estimate of drug-likeness (QED) is 0.281. The van der Waals surface area contributed by atoms with Crippen LogP contribution in [0.5, 0.6) is 0 Å². The van der Waals surface area contributed by atoms with Crippen molar-refractivity contribution >= 4 is 17.9 Å². The summed E-state index contributed by atoms with van der Waals surface area (Å²) in [5.41, 5.74) is -1.29. The number of aliphatic carboxylic acids is 3. The third kappa shape index (κ3) is 11.0. The molecule has 0 saturated carbocycles. The van der Waals surface area contributed by atoms with E-state index in [4.69, 9.17) is 0 Å². The minimum atomic E-state index is -1.67. The van der Waals surface area contributed by atoms with Gasteiger partial charge < -0.3 is 29.7 Å². The molecule has 0 saturated heterocycles. The van der Waals surface area contributed by atoms with Crippen molar-refractivity contribution in [2.75, 3.05) is 0 Å². The Kier molecular flexibility index (Phi) is 15.3. The van der Waals surface area contributed by atoms with E-state index >= 15 is 0 Å². The maximum absolute atomic E-state index is 12.7. The van der Waals surface area contributed by atoms with Gasteiger partial charge in [-0.3, -0.25) is 0 Å². The predicted molar refractivity (Wildman–Crippen MR) is 105 cm³/mol. The summed E-state index contributed by atoms with van der Waals surface area (Å²) < 4.78 is 113. The predicted octanol–water partition coefficient (Wildman–Crippen LogP) is 1.19. The molecule has 16 heteroatoms. The van der Waals surface area contributed by atoms with Crippen LogP contribution in [-0.4, -0.2) is 17.9 Å². The van der Waals surface area contributed by atoms with Crippen LogP contribution in [0.25, 0.3) is 0 Å². The zero-order valence-corrected chi connectivity index (χ0v) is 23.1. The Morgan fingerprint density at radius 1 is 0.425 bits per heavy atom. The number of carboxylic acid groups (broad SMARTS) is 3. The van der Waals surface area contributed by atoms with Crippen LogP contribution in [0.3, 0.4) is 0 Å². The zero-order chi connectivity index (χ0) is 30.0. The molecule has 6 nitrogen and oxygen atoms in total. The Morgan fingerprint density at radius 2 is 0.625 bits per heavy atom. The van der Waals surface area contributed by atoms with Crippen LogP contribution in [0.15, 0.2) is 36.4 Å². The number of rotatable bonds is 6. The van der Waals surface area contributed by atoms with Gasteiger partial charge in [0, 0.05) is 37.2 Å². The average molecular weight is 706 g/mol. The first kappa shape index (κ1) is 36.6. The van der Waals surface area contributed by atoms with E-state index in [-0.39, 0.29) is 35.6 Å². The Hall–Kier alpha value is -3.37. The van der Waals surface area contributed by atoms with E-state index < -0.39 is 106 Å². The summed E-state index contributed by atoms with van der Waals surface area (Å²) in [5.74, 6) is -18.1. The fraction of sp³-hybridized carbons (Fsp3) is 0.125. The van der Waals surface area contributed by atoms with Crippen molar-refractivity contribution in [3.63, 3.8) is 0 Å². The third-order valence-corrected chi connectivity index (χ3v) is 4.35. The maximum atomic E-state index is 12.7. The number of carbonyl (C=O) groups is 3. The summed E-state index contributed by atoms with van der Waals surface area (Å²) in [7, 11) is 0. The molecule has 3 aromatic carbocycles. The van der Waals surface area contributed by atoms with Crippen molar-refractivity contribution in [3.05, 3.63) is 105 Å². The topological polar surface area (TPSA) is 120 Å². The molecule has 40 heavy (non-hydrogen) atoms. The first-order valence-corrected chi connectivity index (χ1v) is 10.0. The van der Waals surface area contributed by atoms with E-state index in [9.17, 15) is 69.2 Å². The van der Waals surface area contributed by atoms with Crippen molar-refractivity contribution in [3.8, 4) is 0 Å². The first-order chi connectivity index (χ1) is 18.1. The third-order valence-electron chi connectivity index (χ3n) is 4.35. The van der Waals surface area contributed by atoms with Crippen LogP contribution in [-0.2, 0) is 33.6 Å². The molecule has 0 unspecified atom stereocenters. The number of hydrogen-bond acceptors (Lipinski definition) is 6. The monoisotopic (exact) mass is 706 g/mol. The molecule has 210 valence electrons. The van der Waals surface area contributed by atoms with Gasteiger partial charge in [-0.05, 0) is 34.9 Å². The minimum Gasteiger partial charge on any atom is -0.550 e. The molecule has 0 spiro atoms. The SMILES string of the molecule is O=C([O-])Cc1ccc(F)c(F)c1F.O=C([O-])Cc1ccc(F)c(F)c1F.O=C([O-])Cc1ccc(F)c(F)c1F.[La+3]. The molecule has 3 aromatic rings. The Bertz CT molecular complexity index is 1220. The van der Waals surface area contributed by atoms with Crippen LogP contribution in [0.2, 0.25) is 0 Å². The van der Waals surface area contributed by atoms with Gasteiger partial charge in [-0.1, -0.05) is 18.2 Å². The number of hydrogen-bond donors (Lipinski definition) is 0. The summed E-state index contributed by atoms with van der Waals surface area (Å²) in [6.07, 6.45) is -2.32. The Balaban J connectivity index is 0.000000563. The van der Waals surface area contributed by atoms with Gasteiger partial charge in [0.05, 0.1) is 0 Å². The molecule has 0 aliphatic rings. The van der Waals surface area contributed by atoms with Crippen molar-refractivity contribution in [2.45, 2.75) is 19.3 Å². The average Bonchev–Trinajstić information content (AvgIpc) is 2.85. The summed E-state index contributed by atoms with van der Waals surface area (Å²) in [6, 6.07) is 4.58. The molecule has 0 fully saturated rings. The van der Waals surface area contributed by atoms with E-state index in [1.165, 1.54) is 0 Å². The second kappa shape index (κ2) is 16.7. The summed E-state index contributed by atoms with van der Waals surface area (Å²) in [6.45, 7) is 0. The van der Waals surface area contributed by atoms with Crippen LogP contribution in [0.4, 0.5) is 39.5 Å². The largest absolute Gasteiger partial charge is 3.00 e. The molecule has 0 heterocycles. The Labute approximate surface area is 246 Å². The summed E-state index contributed by atoms with van der Waals surface area (Å²) >= 11 is 0. The normalized spacial score (nSPS) is 9.82. The van der Waals surface area contributed by atoms with Gasteiger partial charge in [0.15, 0.2) is 52.4 Å². The molecule has 0 bridgehead atoms. The molecule has 0 radical (unpaired) electrons. The van der Waals surface area contributed by atoms with Crippen LogP contribution < -0.4 is 15.3 Å². The molecule has 0 atom stereocenters. The van der Waals surface area contributed by atoms with E-state index in [0.717, 1.165) is 18.2 Å². The molecular formula is C24H12F9LaO6. The van der Waals surface area contributed by atoms with Crippen LogP contribution >= 0.6 is 0 Å². The van der Waals surface area contributed by atoms with Crippen molar-refractivity contribution in [2.24, 2.45) is 0 Å². The van der Waals surface area contributed by atoms with Gasteiger partial charge in [0.25, 0.3) is 0 Å². The number of carbonyl (C=O) groups excluding carboxylic acids is 3. The molecule has 0 aromatic heterocycles. The molecular weight excluding hydrogens is 694 g/mol. The molecule has 0 aliphatic carbocycles. The Morgan fingerprint density at radius 3 is 0.800 bits per heavy atom. The van der Waals surface area contributed by atoms with Gasteiger partial charge in [-0.25, -0.2) is 39.5 Å². The van der Waals surface area contributed by atoms with E-state index in [0.29, 0.717) is 18.2 Å². The van der Waals surface area contributed by atoms with Crippen molar-refractivity contribution in [1.29, 1.82) is 0 Å².